The Balaban J connectivity index is 2.27. The van der Waals surface area contributed by atoms with E-state index in [-0.39, 0.29) is 13.0 Å². The maximum Gasteiger partial charge on any atom is 0.389 e. The number of aromatic nitrogens is 1. The van der Waals surface area contributed by atoms with Gasteiger partial charge in [0.1, 0.15) is 0 Å². The fourth-order valence-electron chi connectivity index (χ4n) is 1.07. The van der Waals surface area contributed by atoms with Crippen LogP contribution in [0.1, 0.15) is 18.4 Å². The monoisotopic (exact) mass is 234 g/mol. The van der Waals surface area contributed by atoms with Gasteiger partial charge < -0.3 is 10.5 Å². The highest BCUT2D eigenvalue weighted by Crippen LogP contribution is 2.21. The number of alkyl halides is 3. The fraction of sp³-hybridized carbons (Fsp3) is 0.500. The van der Waals surface area contributed by atoms with Crippen molar-refractivity contribution in [1.29, 1.82) is 0 Å². The topological polar surface area (TPSA) is 48.1 Å². The molecule has 0 aromatic carbocycles. The van der Waals surface area contributed by atoms with E-state index in [9.17, 15) is 13.2 Å². The molecule has 16 heavy (non-hydrogen) atoms. The highest BCUT2D eigenvalue weighted by Gasteiger charge is 2.26. The van der Waals surface area contributed by atoms with Gasteiger partial charge in [0.25, 0.3) is 0 Å². The molecule has 0 atom stereocenters. The van der Waals surface area contributed by atoms with Crippen LogP contribution in [0.5, 0.6) is 5.88 Å². The zero-order valence-corrected chi connectivity index (χ0v) is 8.63. The maximum absolute atomic E-state index is 11.8. The SMILES string of the molecule is NCc1ccc(OCCCC(F)(F)F)nc1. The molecule has 0 fully saturated rings. The van der Waals surface area contributed by atoms with Crippen molar-refractivity contribution in [2.24, 2.45) is 5.73 Å². The summed E-state index contributed by atoms with van der Waals surface area (Å²) in [7, 11) is 0. The Morgan fingerprint density at radius 1 is 1.31 bits per heavy atom. The second-order valence-corrected chi connectivity index (χ2v) is 3.28. The summed E-state index contributed by atoms with van der Waals surface area (Å²) in [4.78, 5) is 3.90. The molecule has 0 saturated heterocycles. The van der Waals surface area contributed by atoms with Crippen molar-refractivity contribution in [2.75, 3.05) is 6.61 Å². The minimum absolute atomic E-state index is 0.00841. The second kappa shape index (κ2) is 5.69. The molecule has 1 aromatic rings. The summed E-state index contributed by atoms with van der Waals surface area (Å²) in [6.45, 7) is 0.385. The predicted octanol–water partition coefficient (Wildman–Crippen LogP) is 2.26. The summed E-state index contributed by atoms with van der Waals surface area (Å²) in [6, 6.07) is 3.32. The number of hydrogen-bond donors (Lipinski definition) is 1. The molecule has 1 heterocycles. The molecule has 90 valence electrons. The third-order valence-electron chi connectivity index (χ3n) is 1.89. The van der Waals surface area contributed by atoms with Gasteiger partial charge in [0.2, 0.25) is 5.88 Å². The fourth-order valence-corrected chi connectivity index (χ4v) is 1.07. The Hall–Kier alpha value is -1.30. The minimum Gasteiger partial charge on any atom is -0.478 e. The average Bonchev–Trinajstić information content (AvgIpc) is 2.24. The zero-order valence-electron chi connectivity index (χ0n) is 8.63. The molecule has 0 amide bonds. The number of hydrogen-bond acceptors (Lipinski definition) is 3. The molecule has 0 radical (unpaired) electrons. The molecule has 0 unspecified atom stereocenters. The van der Waals surface area contributed by atoms with E-state index in [1.807, 2.05) is 0 Å². The van der Waals surface area contributed by atoms with E-state index < -0.39 is 12.6 Å². The van der Waals surface area contributed by atoms with Crippen LogP contribution in [0.2, 0.25) is 0 Å². The Labute approximate surface area is 91.4 Å². The molecule has 1 rings (SSSR count). The van der Waals surface area contributed by atoms with Crippen LogP contribution in [-0.2, 0) is 6.54 Å². The molecule has 0 saturated carbocycles. The highest BCUT2D eigenvalue weighted by atomic mass is 19.4. The van der Waals surface area contributed by atoms with Crippen molar-refractivity contribution >= 4 is 0 Å². The quantitative estimate of drug-likeness (QED) is 0.795. The van der Waals surface area contributed by atoms with Crippen molar-refractivity contribution in [1.82, 2.24) is 4.98 Å². The van der Waals surface area contributed by atoms with Crippen molar-refractivity contribution in [3.8, 4) is 5.88 Å². The summed E-state index contributed by atoms with van der Waals surface area (Å²) in [5.41, 5.74) is 6.21. The number of pyridine rings is 1. The normalized spacial score (nSPS) is 11.5. The predicted molar refractivity (Wildman–Crippen MR) is 52.9 cm³/mol. The van der Waals surface area contributed by atoms with Gasteiger partial charge in [0.15, 0.2) is 0 Å². The Kier molecular flexibility index (Phi) is 4.54. The minimum atomic E-state index is -4.12. The molecule has 6 heteroatoms. The molecule has 2 N–H and O–H groups in total. The summed E-state index contributed by atoms with van der Waals surface area (Å²) in [5, 5.41) is 0. The van der Waals surface area contributed by atoms with Crippen molar-refractivity contribution in [3.05, 3.63) is 23.9 Å². The number of nitrogens with zero attached hydrogens (tertiary/aromatic N) is 1. The first-order valence-corrected chi connectivity index (χ1v) is 4.86. The molecular weight excluding hydrogens is 221 g/mol. The molecule has 0 aliphatic carbocycles. The Morgan fingerprint density at radius 3 is 2.56 bits per heavy atom. The van der Waals surface area contributed by atoms with E-state index in [4.69, 9.17) is 10.5 Å². The molecule has 0 aliphatic heterocycles. The molecule has 3 nitrogen and oxygen atoms in total. The van der Waals surface area contributed by atoms with Crippen LogP contribution in [0.3, 0.4) is 0 Å². The number of halogens is 3. The lowest BCUT2D eigenvalue weighted by Crippen LogP contribution is -2.10. The lowest BCUT2D eigenvalue weighted by molar-refractivity contribution is -0.136. The van der Waals surface area contributed by atoms with Crippen LogP contribution >= 0.6 is 0 Å². The number of nitrogens with two attached hydrogens (primary N) is 1. The van der Waals surface area contributed by atoms with Gasteiger partial charge in [-0.1, -0.05) is 6.07 Å². The molecule has 0 aliphatic rings. The van der Waals surface area contributed by atoms with Crippen molar-refractivity contribution < 1.29 is 17.9 Å². The van der Waals surface area contributed by atoms with Crippen LogP contribution in [0.4, 0.5) is 13.2 Å². The third kappa shape index (κ3) is 4.97. The van der Waals surface area contributed by atoms with E-state index in [0.717, 1.165) is 5.56 Å². The summed E-state index contributed by atoms with van der Waals surface area (Å²) < 4.78 is 40.4. The summed E-state index contributed by atoms with van der Waals surface area (Å²) in [6.07, 6.45) is -3.49. The van der Waals surface area contributed by atoms with E-state index in [0.29, 0.717) is 12.4 Å². The van der Waals surface area contributed by atoms with Crippen LogP contribution < -0.4 is 10.5 Å². The van der Waals surface area contributed by atoms with Crippen molar-refractivity contribution in [2.45, 2.75) is 25.6 Å². The lowest BCUT2D eigenvalue weighted by atomic mass is 10.3. The van der Waals surface area contributed by atoms with Gasteiger partial charge in [-0.05, 0) is 12.0 Å². The lowest BCUT2D eigenvalue weighted by Gasteiger charge is -2.07. The molecular formula is C10H13F3N2O. The average molecular weight is 234 g/mol. The van der Waals surface area contributed by atoms with Gasteiger partial charge in [-0.3, -0.25) is 0 Å². The molecule has 0 spiro atoms. The van der Waals surface area contributed by atoms with Crippen LogP contribution in [0, 0.1) is 0 Å². The largest absolute Gasteiger partial charge is 0.478 e. The van der Waals surface area contributed by atoms with Gasteiger partial charge in [0.05, 0.1) is 6.61 Å². The zero-order chi connectivity index (χ0) is 12.0. The Morgan fingerprint density at radius 2 is 2.06 bits per heavy atom. The standard InChI is InChI=1S/C10H13F3N2O/c11-10(12,13)4-1-5-16-9-3-2-8(6-14)7-15-9/h2-3,7H,1,4-6,14H2. The summed E-state index contributed by atoms with van der Waals surface area (Å²) in [5.74, 6) is 0.319. The first kappa shape index (κ1) is 12.8. The van der Waals surface area contributed by atoms with Crippen LogP contribution in [-0.4, -0.2) is 17.8 Å². The number of rotatable bonds is 5. The third-order valence-corrected chi connectivity index (χ3v) is 1.89. The van der Waals surface area contributed by atoms with Gasteiger partial charge >= 0.3 is 6.18 Å². The first-order chi connectivity index (χ1) is 7.51. The van der Waals surface area contributed by atoms with Crippen LogP contribution in [0.25, 0.3) is 0 Å². The van der Waals surface area contributed by atoms with E-state index >= 15 is 0 Å². The second-order valence-electron chi connectivity index (χ2n) is 3.28. The van der Waals surface area contributed by atoms with E-state index in [1.165, 1.54) is 0 Å². The van der Waals surface area contributed by atoms with Gasteiger partial charge in [0, 0.05) is 25.2 Å². The van der Waals surface area contributed by atoms with Crippen molar-refractivity contribution in [3.63, 3.8) is 0 Å². The van der Waals surface area contributed by atoms with E-state index in [1.54, 1.807) is 18.3 Å². The molecule has 1 aromatic heterocycles. The van der Waals surface area contributed by atoms with Gasteiger partial charge in [-0.15, -0.1) is 0 Å². The van der Waals surface area contributed by atoms with E-state index in [2.05, 4.69) is 4.98 Å². The van der Waals surface area contributed by atoms with Gasteiger partial charge in [-0.2, -0.15) is 13.2 Å². The summed E-state index contributed by atoms with van der Waals surface area (Å²) >= 11 is 0. The Bertz CT molecular complexity index is 311. The highest BCUT2D eigenvalue weighted by molar-refractivity contribution is 5.17. The maximum atomic E-state index is 11.8. The number of ether oxygens (including phenoxy) is 1. The smallest absolute Gasteiger partial charge is 0.389 e. The van der Waals surface area contributed by atoms with Crippen LogP contribution in [0.15, 0.2) is 18.3 Å². The van der Waals surface area contributed by atoms with Gasteiger partial charge in [-0.25, -0.2) is 4.98 Å². The first-order valence-electron chi connectivity index (χ1n) is 4.86. The molecule has 0 bridgehead atoms.